The molecular weight excluding hydrogens is 487 g/mol. The number of hydrogen-bond acceptors (Lipinski definition) is 4. The smallest absolute Gasteiger partial charge is 0.335 e. The monoisotopic (exact) mass is 508 g/mol. The first-order chi connectivity index (χ1) is 16.6. The number of nitrogens with zero attached hydrogens (tertiary/aromatic N) is 1. The molecule has 0 aliphatic carbocycles. The van der Waals surface area contributed by atoms with Crippen LogP contribution in [0.4, 0.5) is 10.5 Å². The van der Waals surface area contributed by atoms with Crippen molar-refractivity contribution in [3.8, 4) is 5.75 Å². The molecule has 1 aliphatic heterocycles. The number of imide groups is 2. The summed E-state index contributed by atoms with van der Waals surface area (Å²) in [6.45, 7) is 6.17. The van der Waals surface area contributed by atoms with Gasteiger partial charge in [-0.3, -0.25) is 14.9 Å². The van der Waals surface area contributed by atoms with Crippen molar-refractivity contribution in [2.24, 2.45) is 0 Å². The number of benzene rings is 3. The molecule has 178 valence electrons. The van der Waals surface area contributed by atoms with E-state index in [4.69, 9.17) is 27.9 Å². The first-order valence-corrected chi connectivity index (χ1v) is 11.6. The number of carbonyl (C=O) groups excluding carboxylic acids is 3. The fourth-order valence-electron chi connectivity index (χ4n) is 3.64. The zero-order valence-electron chi connectivity index (χ0n) is 19.3. The molecule has 6 nitrogen and oxygen atoms in total. The Morgan fingerprint density at radius 2 is 1.63 bits per heavy atom. The minimum Gasteiger partial charge on any atom is -0.487 e. The Balaban J connectivity index is 1.58. The van der Waals surface area contributed by atoms with Crippen LogP contribution >= 0.6 is 23.2 Å². The van der Waals surface area contributed by atoms with E-state index in [0.29, 0.717) is 39.2 Å². The molecule has 0 radical (unpaired) electrons. The lowest BCUT2D eigenvalue weighted by molar-refractivity contribution is -0.122. The van der Waals surface area contributed by atoms with E-state index in [-0.39, 0.29) is 5.57 Å². The zero-order valence-corrected chi connectivity index (χ0v) is 20.8. The average molecular weight is 509 g/mol. The number of carbonyl (C=O) groups is 3. The molecule has 0 atom stereocenters. The summed E-state index contributed by atoms with van der Waals surface area (Å²) in [5.74, 6) is -1.07. The lowest BCUT2D eigenvalue weighted by atomic mass is 10.1. The van der Waals surface area contributed by atoms with E-state index in [1.807, 2.05) is 26.0 Å². The van der Waals surface area contributed by atoms with Crippen LogP contribution in [-0.4, -0.2) is 17.8 Å². The topological polar surface area (TPSA) is 75.7 Å². The molecule has 1 fully saturated rings. The van der Waals surface area contributed by atoms with E-state index < -0.39 is 17.8 Å². The van der Waals surface area contributed by atoms with Gasteiger partial charge in [-0.1, -0.05) is 53.5 Å². The Morgan fingerprint density at radius 3 is 2.34 bits per heavy atom. The van der Waals surface area contributed by atoms with Crippen molar-refractivity contribution in [3.63, 3.8) is 0 Å². The summed E-state index contributed by atoms with van der Waals surface area (Å²) >= 11 is 12.5. The predicted octanol–water partition coefficient (Wildman–Crippen LogP) is 6.16. The highest BCUT2D eigenvalue weighted by Gasteiger charge is 2.37. The third-order valence-electron chi connectivity index (χ3n) is 5.75. The van der Waals surface area contributed by atoms with Crippen LogP contribution in [0.3, 0.4) is 0 Å². The summed E-state index contributed by atoms with van der Waals surface area (Å²) < 4.78 is 5.85. The Morgan fingerprint density at radius 1 is 0.886 bits per heavy atom. The SMILES string of the molecule is Cc1ccc(COc2ccc(/C=C3\C(=O)NC(=O)N(c4cc(Cl)ccc4C)C3=O)cc2Cl)cc1C. The van der Waals surface area contributed by atoms with Crippen molar-refractivity contribution in [2.75, 3.05) is 4.90 Å². The van der Waals surface area contributed by atoms with Crippen molar-refractivity contribution in [1.29, 1.82) is 0 Å². The third-order valence-corrected chi connectivity index (χ3v) is 6.28. The summed E-state index contributed by atoms with van der Waals surface area (Å²) in [7, 11) is 0. The van der Waals surface area contributed by atoms with E-state index in [0.717, 1.165) is 10.5 Å². The second kappa shape index (κ2) is 9.94. The van der Waals surface area contributed by atoms with Gasteiger partial charge >= 0.3 is 6.03 Å². The van der Waals surface area contributed by atoms with Crippen LogP contribution in [0.25, 0.3) is 6.08 Å². The molecule has 35 heavy (non-hydrogen) atoms. The largest absolute Gasteiger partial charge is 0.487 e. The van der Waals surface area contributed by atoms with E-state index in [1.54, 1.807) is 37.3 Å². The van der Waals surface area contributed by atoms with Gasteiger partial charge in [-0.15, -0.1) is 0 Å². The highest BCUT2D eigenvalue weighted by atomic mass is 35.5. The number of nitrogens with one attached hydrogen (secondary N) is 1. The fourth-order valence-corrected chi connectivity index (χ4v) is 4.05. The van der Waals surface area contributed by atoms with Crippen molar-refractivity contribution in [2.45, 2.75) is 27.4 Å². The van der Waals surface area contributed by atoms with Crippen LogP contribution in [0.2, 0.25) is 10.0 Å². The van der Waals surface area contributed by atoms with Crippen LogP contribution < -0.4 is 15.0 Å². The maximum absolute atomic E-state index is 13.2. The summed E-state index contributed by atoms with van der Waals surface area (Å²) in [6, 6.07) is 15.0. The second-order valence-corrected chi connectivity index (χ2v) is 9.13. The van der Waals surface area contributed by atoms with Gasteiger partial charge in [0, 0.05) is 5.02 Å². The Hall–Kier alpha value is -3.61. The van der Waals surface area contributed by atoms with E-state index in [9.17, 15) is 14.4 Å². The fraction of sp³-hybridized carbons (Fsp3) is 0.148. The highest BCUT2D eigenvalue weighted by molar-refractivity contribution is 6.40. The summed E-state index contributed by atoms with van der Waals surface area (Å²) in [5.41, 5.74) is 4.65. The van der Waals surface area contributed by atoms with Crippen LogP contribution in [0.15, 0.2) is 60.2 Å². The van der Waals surface area contributed by atoms with Crippen molar-refractivity contribution in [3.05, 3.63) is 98.0 Å². The van der Waals surface area contributed by atoms with Crippen molar-refractivity contribution in [1.82, 2.24) is 5.32 Å². The van der Waals surface area contributed by atoms with Gasteiger partial charge in [-0.05, 0) is 78.9 Å². The second-order valence-electron chi connectivity index (χ2n) is 8.29. The maximum atomic E-state index is 13.2. The van der Waals surface area contributed by atoms with Crippen molar-refractivity contribution >= 4 is 52.8 Å². The van der Waals surface area contributed by atoms with Gasteiger partial charge in [-0.2, -0.15) is 0 Å². The lowest BCUT2D eigenvalue weighted by Crippen LogP contribution is -2.54. The van der Waals surface area contributed by atoms with Crippen LogP contribution in [-0.2, 0) is 16.2 Å². The maximum Gasteiger partial charge on any atom is 0.335 e. The standard InChI is InChI=1S/C27H22Cl2N2O4/c1-15-4-6-19(10-17(15)3)14-35-24-9-7-18(12-22(24)29)11-21-25(32)30-27(34)31(26(21)33)23-13-20(28)8-5-16(23)2/h4-13H,14H2,1-3H3,(H,30,32,34)/b21-11+. The lowest BCUT2D eigenvalue weighted by Gasteiger charge is -2.27. The molecule has 4 rings (SSSR count). The van der Waals surface area contributed by atoms with Crippen LogP contribution in [0.5, 0.6) is 5.75 Å². The Bertz CT molecular complexity index is 1400. The van der Waals surface area contributed by atoms with Gasteiger partial charge in [0.05, 0.1) is 10.7 Å². The normalized spacial score (nSPS) is 14.9. The first-order valence-electron chi connectivity index (χ1n) is 10.8. The molecule has 3 aromatic rings. The molecule has 1 heterocycles. The Kier molecular flexibility index (Phi) is 6.96. The zero-order chi connectivity index (χ0) is 25.3. The van der Waals surface area contributed by atoms with Gasteiger partial charge in [0.1, 0.15) is 17.9 Å². The van der Waals surface area contributed by atoms with Gasteiger partial charge in [0.25, 0.3) is 11.8 Å². The van der Waals surface area contributed by atoms with E-state index in [1.165, 1.54) is 23.3 Å². The molecule has 0 unspecified atom stereocenters. The average Bonchev–Trinajstić information content (AvgIpc) is 2.80. The molecule has 1 saturated heterocycles. The third kappa shape index (κ3) is 5.24. The number of rotatable bonds is 5. The molecular formula is C27H22Cl2N2O4. The molecule has 3 aromatic carbocycles. The molecule has 4 amide bonds. The predicted molar refractivity (Wildman–Crippen MR) is 137 cm³/mol. The quantitative estimate of drug-likeness (QED) is 0.330. The number of ether oxygens (including phenoxy) is 1. The van der Waals surface area contributed by atoms with Crippen LogP contribution in [0, 0.1) is 20.8 Å². The van der Waals surface area contributed by atoms with Crippen LogP contribution in [0.1, 0.15) is 27.8 Å². The minimum absolute atomic E-state index is 0.205. The van der Waals surface area contributed by atoms with E-state index >= 15 is 0 Å². The number of urea groups is 1. The molecule has 8 heteroatoms. The van der Waals surface area contributed by atoms with Gasteiger partial charge < -0.3 is 4.74 Å². The molecule has 0 saturated carbocycles. The highest BCUT2D eigenvalue weighted by Crippen LogP contribution is 2.30. The number of aryl methyl sites for hydroxylation is 3. The van der Waals surface area contributed by atoms with Gasteiger partial charge in [0.2, 0.25) is 0 Å². The molecule has 1 N–H and O–H groups in total. The minimum atomic E-state index is -0.837. The Labute approximate surface area is 213 Å². The molecule has 0 aromatic heterocycles. The number of anilines is 1. The van der Waals surface area contributed by atoms with E-state index in [2.05, 4.69) is 11.4 Å². The molecule has 1 aliphatic rings. The first kappa shape index (κ1) is 24.5. The molecule has 0 spiro atoms. The van der Waals surface area contributed by atoms with Gasteiger partial charge in [0.15, 0.2) is 0 Å². The number of hydrogen-bond donors (Lipinski definition) is 1. The van der Waals surface area contributed by atoms with Gasteiger partial charge in [-0.25, -0.2) is 9.69 Å². The summed E-state index contributed by atoms with van der Waals surface area (Å²) in [4.78, 5) is 39.0. The van der Waals surface area contributed by atoms with Crippen molar-refractivity contribution < 1.29 is 19.1 Å². The summed E-state index contributed by atoms with van der Waals surface area (Å²) in [6.07, 6.45) is 1.38. The number of halogens is 2. The summed E-state index contributed by atoms with van der Waals surface area (Å²) in [5, 5.41) is 2.89. The number of barbiturate groups is 1. The molecule has 0 bridgehead atoms. The number of amides is 4.